The second kappa shape index (κ2) is 6.69. The van der Waals surface area contributed by atoms with Gasteiger partial charge in [-0.2, -0.15) is 0 Å². The lowest BCUT2D eigenvalue weighted by Crippen LogP contribution is -2.46. The molecule has 0 amide bonds. The fourth-order valence-corrected chi connectivity index (χ4v) is 2.15. The average Bonchev–Trinajstić information content (AvgIpc) is 2.39. The van der Waals surface area contributed by atoms with Crippen molar-refractivity contribution in [2.45, 2.75) is 12.5 Å². The predicted molar refractivity (Wildman–Crippen MR) is 68.0 cm³/mol. The van der Waals surface area contributed by atoms with Crippen molar-refractivity contribution in [3.63, 3.8) is 0 Å². The number of rotatable bonds is 5. The zero-order valence-electron chi connectivity index (χ0n) is 10.4. The molecule has 0 radical (unpaired) electrons. The van der Waals surface area contributed by atoms with Crippen molar-refractivity contribution in [1.29, 1.82) is 0 Å². The van der Waals surface area contributed by atoms with Crippen molar-refractivity contribution in [1.82, 2.24) is 15.2 Å². The fourth-order valence-electron chi connectivity index (χ4n) is 2.15. The number of hydrogen-bond donors (Lipinski definition) is 1. The summed E-state index contributed by atoms with van der Waals surface area (Å²) in [4.78, 5) is 6.81. The van der Waals surface area contributed by atoms with Gasteiger partial charge in [0.1, 0.15) is 0 Å². The van der Waals surface area contributed by atoms with E-state index in [1.807, 2.05) is 25.4 Å². The first-order valence-corrected chi connectivity index (χ1v) is 6.27. The monoisotopic (exact) mass is 235 g/mol. The smallest absolute Gasteiger partial charge is 0.0826 e. The van der Waals surface area contributed by atoms with Gasteiger partial charge in [0.15, 0.2) is 0 Å². The lowest BCUT2D eigenvalue weighted by atomic mass is 10.2. The van der Waals surface area contributed by atoms with Gasteiger partial charge in [-0.1, -0.05) is 6.07 Å². The molecule has 0 spiro atoms. The number of hydrogen-bond acceptors (Lipinski definition) is 4. The number of ether oxygens (including phenoxy) is 1. The SMILES string of the molecule is CNCC1CN(CCc2ccccn2)CCO1. The maximum absolute atomic E-state index is 5.68. The van der Waals surface area contributed by atoms with Crippen molar-refractivity contribution in [2.24, 2.45) is 0 Å². The molecule has 1 atom stereocenters. The summed E-state index contributed by atoms with van der Waals surface area (Å²) in [5, 5.41) is 3.17. The third kappa shape index (κ3) is 4.07. The fraction of sp³-hybridized carbons (Fsp3) is 0.615. The second-order valence-corrected chi connectivity index (χ2v) is 4.42. The van der Waals surface area contributed by atoms with Crippen LogP contribution in [0.15, 0.2) is 24.4 Å². The Balaban J connectivity index is 1.75. The van der Waals surface area contributed by atoms with Crippen LogP contribution in [0.2, 0.25) is 0 Å². The van der Waals surface area contributed by atoms with Gasteiger partial charge < -0.3 is 10.1 Å². The lowest BCUT2D eigenvalue weighted by molar-refractivity contribution is -0.0258. The van der Waals surface area contributed by atoms with E-state index in [1.54, 1.807) is 0 Å². The maximum Gasteiger partial charge on any atom is 0.0826 e. The van der Waals surface area contributed by atoms with Gasteiger partial charge in [0.05, 0.1) is 12.7 Å². The molecule has 0 bridgehead atoms. The van der Waals surface area contributed by atoms with Crippen LogP contribution in [0, 0.1) is 0 Å². The Kier molecular flexibility index (Phi) is 4.91. The maximum atomic E-state index is 5.68. The van der Waals surface area contributed by atoms with E-state index >= 15 is 0 Å². The Bertz CT molecular complexity index is 316. The third-order valence-corrected chi connectivity index (χ3v) is 3.07. The predicted octanol–water partition coefficient (Wildman–Crippen LogP) is 0.544. The molecule has 2 rings (SSSR count). The van der Waals surface area contributed by atoms with E-state index in [9.17, 15) is 0 Å². The number of nitrogens with one attached hydrogen (secondary N) is 1. The standard InChI is InChI=1S/C13H21N3O/c1-14-10-13-11-16(8-9-17-13)7-5-12-4-2-3-6-15-12/h2-4,6,13-14H,5,7-11H2,1H3. The van der Waals surface area contributed by atoms with Crippen LogP contribution in [0.25, 0.3) is 0 Å². The Hall–Kier alpha value is -0.970. The summed E-state index contributed by atoms with van der Waals surface area (Å²) >= 11 is 0. The molecule has 1 unspecified atom stereocenters. The summed E-state index contributed by atoms with van der Waals surface area (Å²) in [6.45, 7) is 4.90. The first-order chi connectivity index (χ1) is 8.38. The first-order valence-electron chi connectivity index (χ1n) is 6.27. The molecule has 1 N–H and O–H groups in total. The molecule has 17 heavy (non-hydrogen) atoms. The number of nitrogens with zero attached hydrogens (tertiary/aromatic N) is 2. The second-order valence-electron chi connectivity index (χ2n) is 4.42. The lowest BCUT2D eigenvalue weighted by Gasteiger charge is -2.32. The van der Waals surface area contributed by atoms with Crippen LogP contribution in [-0.4, -0.2) is 55.8 Å². The topological polar surface area (TPSA) is 37.4 Å². The van der Waals surface area contributed by atoms with Crippen LogP contribution in [0.3, 0.4) is 0 Å². The summed E-state index contributed by atoms with van der Waals surface area (Å²) in [6.07, 6.45) is 3.21. The quantitative estimate of drug-likeness (QED) is 0.808. The van der Waals surface area contributed by atoms with Crippen LogP contribution >= 0.6 is 0 Å². The highest BCUT2D eigenvalue weighted by atomic mass is 16.5. The summed E-state index contributed by atoms with van der Waals surface area (Å²) < 4.78 is 5.68. The van der Waals surface area contributed by atoms with E-state index in [-0.39, 0.29) is 0 Å². The highest BCUT2D eigenvalue weighted by molar-refractivity contribution is 5.03. The van der Waals surface area contributed by atoms with E-state index in [1.165, 1.54) is 5.69 Å². The molecule has 1 saturated heterocycles. The van der Waals surface area contributed by atoms with E-state index in [0.29, 0.717) is 6.10 Å². The minimum atomic E-state index is 0.331. The molecule has 0 saturated carbocycles. The zero-order valence-corrected chi connectivity index (χ0v) is 10.4. The molecule has 4 heteroatoms. The van der Waals surface area contributed by atoms with Gasteiger partial charge in [0.25, 0.3) is 0 Å². The molecule has 4 nitrogen and oxygen atoms in total. The number of pyridine rings is 1. The summed E-state index contributed by atoms with van der Waals surface area (Å²) in [6, 6.07) is 6.10. The van der Waals surface area contributed by atoms with E-state index in [2.05, 4.69) is 21.3 Å². The molecule has 1 aliphatic rings. The summed E-state index contributed by atoms with van der Waals surface area (Å²) in [5.74, 6) is 0. The minimum Gasteiger partial charge on any atom is -0.374 e. The molecular formula is C13H21N3O. The molecular weight excluding hydrogens is 214 g/mol. The highest BCUT2D eigenvalue weighted by Crippen LogP contribution is 2.06. The van der Waals surface area contributed by atoms with Crippen LogP contribution < -0.4 is 5.32 Å². The van der Waals surface area contributed by atoms with Crippen LogP contribution in [-0.2, 0) is 11.2 Å². The van der Waals surface area contributed by atoms with Gasteiger partial charge >= 0.3 is 0 Å². The largest absolute Gasteiger partial charge is 0.374 e. The van der Waals surface area contributed by atoms with Gasteiger partial charge in [-0.15, -0.1) is 0 Å². The Labute approximate surface area is 103 Å². The zero-order chi connectivity index (χ0) is 11.9. The molecule has 1 aromatic heterocycles. The average molecular weight is 235 g/mol. The third-order valence-electron chi connectivity index (χ3n) is 3.07. The number of likely N-dealkylation sites (N-methyl/N-ethyl adjacent to an activating group) is 1. The first kappa shape index (κ1) is 12.5. The van der Waals surface area contributed by atoms with E-state index in [4.69, 9.17) is 4.74 Å². The van der Waals surface area contributed by atoms with Gasteiger partial charge in [0, 0.05) is 44.5 Å². The van der Waals surface area contributed by atoms with Gasteiger partial charge in [-0.3, -0.25) is 9.88 Å². The van der Waals surface area contributed by atoms with E-state index in [0.717, 1.165) is 39.2 Å². The summed E-state index contributed by atoms with van der Waals surface area (Å²) in [7, 11) is 1.97. The van der Waals surface area contributed by atoms with Crippen LogP contribution in [0.5, 0.6) is 0 Å². The Morgan fingerprint density at radius 1 is 1.53 bits per heavy atom. The van der Waals surface area contributed by atoms with Crippen molar-refractivity contribution in [2.75, 3.05) is 39.8 Å². The molecule has 2 heterocycles. The molecule has 0 aliphatic carbocycles. The molecule has 0 aromatic carbocycles. The number of morpholine rings is 1. The van der Waals surface area contributed by atoms with Gasteiger partial charge in [-0.25, -0.2) is 0 Å². The van der Waals surface area contributed by atoms with Crippen LogP contribution in [0.1, 0.15) is 5.69 Å². The van der Waals surface area contributed by atoms with Crippen molar-refractivity contribution in [3.05, 3.63) is 30.1 Å². The van der Waals surface area contributed by atoms with Gasteiger partial charge in [-0.05, 0) is 19.2 Å². The van der Waals surface area contributed by atoms with Crippen molar-refractivity contribution in [3.8, 4) is 0 Å². The number of aromatic nitrogens is 1. The van der Waals surface area contributed by atoms with Crippen molar-refractivity contribution >= 4 is 0 Å². The van der Waals surface area contributed by atoms with Crippen molar-refractivity contribution < 1.29 is 4.74 Å². The highest BCUT2D eigenvalue weighted by Gasteiger charge is 2.19. The molecule has 1 fully saturated rings. The molecule has 1 aliphatic heterocycles. The van der Waals surface area contributed by atoms with Gasteiger partial charge in [0.2, 0.25) is 0 Å². The van der Waals surface area contributed by atoms with E-state index < -0.39 is 0 Å². The molecule has 94 valence electrons. The summed E-state index contributed by atoms with van der Waals surface area (Å²) in [5.41, 5.74) is 1.17. The molecule has 1 aromatic rings. The normalized spacial score (nSPS) is 21.6. The Morgan fingerprint density at radius 2 is 2.47 bits per heavy atom. The van der Waals surface area contributed by atoms with Crippen LogP contribution in [0.4, 0.5) is 0 Å². The Morgan fingerprint density at radius 3 is 3.24 bits per heavy atom. The minimum absolute atomic E-state index is 0.331.